The van der Waals surface area contributed by atoms with Gasteiger partial charge in [-0.25, -0.2) is 4.68 Å². The summed E-state index contributed by atoms with van der Waals surface area (Å²) in [4.78, 5) is 26.3. The van der Waals surface area contributed by atoms with Gasteiger partial charge in [-0.15, -0.1) is 10.2 Å². The van der Waals surface area contributed by atoms with Crippen LogP contribution in [0.3, 0.4) is 0 Å². The summed E-state index contributed by atoms with van der Waals surface area (Å²) in [6, 6.07) is 18.9. The van der Waals surface area contributed by atoms with Crippen LogP contribution in [0.2, 0.25) is 0 Å². The molecule has 0 aliphatic carbocycles. The summed E-state index contributed by atoms with van der Waals surface area (Å²) in [7, 11) is 0. The number of carbonyl (C=O) groups is 1. The Morgan fingerprint density at radius 3 is 2.60 bits per heavy atom. The van der Waals surface area contributed by atoms with Crippen molar-refractivity contribution >= 4 is 28.3 Å². The summed E-state index contributed by atoms with van der Waals surface area (Å²) < 4.78 is 15.3. The molecular weight excluding hydrogens is 526 g/mol. The summed E-state index contributed by atoms with van der Waals surface area (Å²) in [5.74, 6) is 0.354. The van der Waals surface area contributed by atoms with Crippen LogP contribution in [0.15, 0.2) is 75.1 Å². The van der Waals surface area contributed by atoms with E-state index in [0.717, 1.165) is 42.9 Å². The molecule has 40 heavy (non-hydrogen) atoms. The van der Waals surface area contributed by atoms with Crippen molar-refractivity contribution in [2.75, 3.05) is 12.4 Å². The highest BCUT2D eigenvalue weighted by Crippen LogP contribution is 2.28. The van der Waals surface area contributed by atoms with Crippen molar-refractivity contribution in [1.82, 2.24) is 24.5 Å². The molecule has 10 heteroatoms. The molecule has 3 aromatic heterocycles. The highest BCUT2D eigenvalue weighted by Gasteiger charge is 2.22. The third-order valence-corrected chi connectivity index (χ3v) is 8.08. The predicted octanol–water partition coefficient (Wildman–Crippen LogP) is 5.07. The van der Waals surface area contributed by atoms with Gasteiger partial charge in [-0.05, 0) is 44.4 Å². The minimum Gasteiger partial charge on any atom is -0.409 e. The van der Waals surface area contributed by atoms with Crippen LogP contribution in [0, 0.1) is 13.8 Å². The fraction of sp³-hybridized carbons (Fsp3) is 0.300. The van der Waals surface area contributed by atoms with Crippen molar-refractivity contribution in [3.05, 3.63) is 93.5 Å². The first-order chi connectivity index (χ1) is 19.5. The molecule has 1 fully saturated rings. The van der Waals surface area contributed by atoms with Crippen LogP contribution >= 0.6 is 11.8 Å². The van der Waals surface area contributed by atoms with Crippen molar-refractivity contribution in [1.29, 1.82) is 0 Å². The number of ether oxygens (including phenoxy) is 1. The third kappa shape index (κ3) is 5.24. The van der Waals surface area contributed by atoms with E-state index in [9.17, 15) is 9.59 Å². The molecule has 1 saturated heterocycles. The first-order valence-corrected chi connectivity index (χ1v) is 14.3. The lowest BCUT2D eigenvalue weighted by Crippen LogP contribution is -2.24. The van der Waals surface area contributed by atoms with E-state index in [1.807, 2.05) is 68.4 Å². The number of aromatic nitrogens is 5. The van der Waals surface area contributed by atoms with Crippen LogP contribution in [-0.4, -0.2) is 48.8 Å². The molecule has 0 spiro atoms. The molecule has 9 nitrogen and oxygen atoms in total. The van der Waals surface area contributed by atoms with Crippen LogP contribution in [-0.2, 0) is 17.8 Å². The van der Waals surface area contributed by atoms with E-state index in [1.54, 1.807) is 6.07 Å². The fourth-order valence-corrected chi connectivity index (χ4v) is 5.83. The number of thioether (sulfide) groups is 1. The first-order valence-electron chi connectivity index (χ1n) is 13.3. The standard InChI is InChI=1S/C30H29N5O4S/c1-19-15-25(20(2)34(19)17-22-11-8-14-38-22)26(36)18-40-30-32-31-28(39-30)27-23-12-6-7-13-24(23)29(37)35(33-27)16-21-9-4-3-5-10-21/h3-7,9-10,12-13,15,22H,8,11,14,16-18H2,1-2H3/t22-/m1/s1. The zero-order valence-corrected chi connectivity index (χ0v) is 23.2. The number of fused-ring (bicyclic) bond motifs is 1. The molecule has 1 aliphatic heterocycles. The Morgan fingerprint density at radius 1 is 1.05 bits per heavy atom. The Labute approximate surface area is 235 Å². The van der Waals surface area contributed by atoms with E-state index in [4.69, 9.17) is 9.15 Å². The zero-order valence-electron chi connectivity index (χ0n) is 22.4. The average Bonchev–Trinajstić information content (AvgIpc) is 3.72. The van der Waals surface area contributed by atoms with Gasteiger partial charge < -0.3 is 13.7 Å². The van der Waals surface area contributed by atoms with Crippen molar-refractivity contribution in [2.24, 2.45) is 0 Å². The van der Waals surface area contributed by atoms with Gasteiger partial charge in [0.2, 0.25) is 0 Å². The number of rotatable bonds is 9. The number of benzene rings is 2. The lowest BCUT2D eigenvalue weighted by molar-refractivity contribution is 0.0957. The van der Waals surface area contributed by atoms with Gasteiger partial charge in [0.25, 0.3) is 16.7 Å². The second kappa shape index (κ2) is 11.2. The quantitative estimate of drug-likeness (QED) is 0.183. The molecule has 1 atom stereocenters. The van der Waals surface area contributed by atoms with Gasteiger partial charge in [-0.1, -0.05) is 60.3 Å². The molecular formula is C30H29N5O4S. The first kappa shape index (κ1) is 26.2. The van der Waals surface area contributed by atoms with Gasteiger partial charge in [-0.2, -0.15) is 5.10 Å². The largest absolute Gasteiger partial charge is 0.409 e. The molecule has 204 valence electrons. The van der Waals surface area contributed by atoms with Gasteiger partial charge in [-0.3, -0.25) is 9.59 Å². The van der Waals surface area contributed by atoms with Crippen molar-refractivity contribution < 1.29 is 13.9 Å². The highest BCUT2D eigenvalue weighted by atomic mass is 32.2. The van der Waals surface area contributed by atoms with Gasteiger partial charge in [0.05, 0.1) is 23.8 Å². The number of nitrogens with zero attached hydrogens (tertiary/aromatic N) is 5. The molecule has 0 N–H and O–H groups in total. The predicted molar refractivity (Wildman–Crippen MR) is 153 cm³/mol. The van der Waals surface area contributed by atoms with Crippen molar-refractivity contribution in [2.45, 2.75) is 51.1 Å². The SMILES string of the molecule is Cc1cc(C(=O)CSc2nnc(-c3nn(Cc4ccccc4)c(=O)c4ccccc34)o2)c(C)n1C[C@H]1CCCO1. The summed E-state index contributed by atoms with van der Waals surface area (Å²) in [6.07, 6.45) is 2.33. The normalized spacial score (nSPS) is 15.2. The molecule has 5 aromatic rings. The summed E-state index contributed by atoms with van der Waals surface area (Å²) in [5.41, 5.74) is 3.87. The molecule has 0 amide bonds. The lowest BCUT2D eigenvalue weighted by atomic mass is 10.1. The Kier molecular flexibility index (Phi) is 7.36. The Bertz CT molecular complexity index is 1730. The number of hydrogen-bond donors (Lipinski definition) is 0. The second-order valence-corrected chi connectivity index (χ2v) is 10.9. The monoisotopic (exact) mass is 555 g/mol. The number of hydrogen-bond acceptors (Lipinski definition) is 8. The van der Waals surface area contributed by atoms with Crippen LogP contribution in [0.4, 0.5) is 0 Å². The average molecular weight is 556 g/mol. The maximum atomic E-state index is 13.2. The molecule has 0 saturated carbocycles. The van der Waals surface area contributed by atoms with Crippen molar-refractivity contribution in [3.63, 3.8) is 0 Å². The molecule has 1 aliphatic rings. The van der Waals surface area contributed by atoms with Crippen LogP contribution in [0.5, 0.6) is 0 Å². The summed E-state index contributed by atoms with van der Waals surface area (Å²) in [5, 5.41) is 14.4. The van der Waals surface area contributed by atoms with E-state index >= 15 is 0 Å². The molecule has 0 unspecified atom stereocenters. The number of Topliss-reactive ketones (excluding diaryl/α,β-unsaturated/α-hetero) is 1. The molecule has 4 heterocycles. The molecule has 6 rings (SSSR count). The van der Waals surface area contributed by atoms with E-state index in [2.05, 4.69) is 19.9 Å². The van der Waals surface area contributed by atoms with Crippen LogP contribution in [0.1, 0.15) is 40.2 Å². The maximum Gasteiger partial charge on any atom is 0.277 e. The van der Waals surface area contributed by atoms with Gasteiger partial charge in [0, 0.05) is 35.5 Å². The molecule has 2 aromatic carbocycles. The Balaban J connectivity index is 1.22. The Morgan fingerprint density at radius 2 is 1.82 bits per heavy atom. The summed E-state index contributed by atoms with van der Waals surface area (Å²) in [6.45, 7) is 5.88. The lowest BCUT2D eigenvalue weighted by Gasteiger charge is -2.14. The topological polar surface area (TPSA) is 105 Å². The second-order valence-electron chi connectivity index (χ2n) is 9.96. The summed E-state index contributed by atoms with van der Waals surface area (Å²) >= 11 is 1.19. The van der Waals surface area contributed by atoms with Crippen molar-refractivity contribution in [3.8, 4) is 11.6 Å². The van der Waals surface area contributed by atoms with Gasteiger partial charge in [0.15, 0.2) is 11.5 Å². The third-order valence-electron chi connectivity index (χ3n) is 7.26. The fourth-order valence-electron chi connectivity index (χ4n) is 5.18. The minimum atomic E-state index is -0.194. The van der Waals surface area contributed by atoms with Crippen LogP contribution in [0.25, 0.3) is 22.4 Å². The highest BCUT2D eigenvalue weighted by molar-refractivity contribution is 7.99. The zero-order chi connectivity index (χ0) is 27.6. The smallest absolute Gasteiger partial charge is 0.277 e. The Hall–Kier alpha value is -4.02. The van der Waals surface area contributed by atoms with E-state index < -0.39 is 0 Å². The number of aryl methyl sites for hydroxylation is 1. The number of ketones is 1. The van der Waals surface area contributed by atoms with Crippen LogP contribution < -0.4 is 5.56 Å². The molecule has 0 bridgehead atoms. The van der Waals surface area contributed by atoms with Gasteiger partial charge in [0.1, 0.15) is 0 Å². The van der Waals surface area contributed by atoms with E-state index in [-0.39, 0.29) is 34.3 Å². The van der Waals surface area contributed by atoms with E-state index in [0.29, 0.717) is 28.6 Å². The van der Waals surface area contributed by atoms with Gasteiger partial charge >= 0.3 is 0 Å². The number of carbonyl (C=O) groups excluding carboxylic acids is 1. The minimum absolute atomic E-state index is 0.00331. The van der Waals surface area contributed by atoms with E-state index in [1.165, 1.54) is 16.4 Å². The maximum absolute atomic E-state index is 13.2. The molecule has 0 radical (unpaired) electrons.